The molecule has 0 aromatic heterocycles. The van der Waals surface area contributed by atoms with Gasteiger partial charge in [0, 0.05) is 22.9 Å². The Morgan fingerprint density at radius 3 is 2.62 bits per heavy atom. The van der Waals surface area contributed by atoms with Gasteiger partial charge < -0.3 is 10.4 Å². The van der Waals surface area contributed by atoms with Gasteiger partial charge in [-0.25, -0.2) is 0 Å². The van der Waals surface area contributed by atoms with Gasteiger partial charge in [-0.05, 0) is 42.9 Å². The molecule has 1 amide bonds. The van der Waals surface area contributed by atoms with Crippen molar-refractivity contribution in [2.45, 2.75) is 31.1 Å². The number of carbonyl (C=O) groups is 2. The summed E-state index contributed by atoms with van der Waals surface area (Å²) < 4.78 is 0. The molecule has 0 radical (unpaired) electrons. The van der Waals surface area contributed by atoms with Crippen LogP contribution >= 0.6 is 23.4 Å². The van der Waals surface area contributed by atoms with Crippen LogP contribution in [-0.4, -0.2) is 29.3 Å². The molecule has 0 fully saturated rings. The van der Waals surface area contributed by atoms with Gasteiger partial charge in [0.25, 0.3) is 0 Å². The molecule has 2 N–H and O–H groups in total. The first-order valence-electron chi connectivity index (χ1n) is 6.87. The Morgan fingerprint density at radius 1 is 1.33 bits per heavy atom. The number of carbonyl (C=O) groups excluding carboxylic acids is 1. The predicted molar refractivity (Wildman–Crippen MR) is 85.8 cm³/mol. The molecule has 1 aromatic rings. The van der Waals surface area contributed by atoms with Gasteiger partial charge in [-0.3, -0.25) is 9.59 Å². The number of halogens is 1. The highest BCUT2D eigenvalue weighted by Gasteiger charge is 2.10. The van der Waals surface area contributed by atoms with Crippen molar-refractivity contribution in [1.29, 1.82) is 0 Å². The number of rotatable bonds is 9. The molecule has 0 spiro atoms. The minimum atomic E-state index is -0.830. The van der Waals surface area contributed by atoms with Gasteiger partial charge in [0.15, 0.2) is 0 Å². The van der Waals surface area contributed by atoms with Crippen molar-refractivity contribution in [3.05, 3.63) is 29.3 Å². The third-order valence-electron chi connectivity index (χ3n) is 2.95. The molecular weight excluding hydrogens is 310 g/mol. The lowest BCUT2D eigenvalue weighted by Crippen LogP contribution is -2.26. The number of amides is 1. The summed E-state index contributed by atoms with van der Waals surface area (Å²) in [4.78, 5) is 23.3. The molecule has 1 atom stereocenters. The maximum Gasteiger partial charge on any atom is 0.306 e. The first kappa shape index (κ1) is 17.9. The third-order valence-corrected chi connectivity index (χ3v) is 4.30. The number of hydrogen-bond donors (Lipinski definition) is 2. The van der Waals surface area contributed by atoms with Crippen molar-refractivity contribution in [3.8, 4) is 0 Å². The van der Waals surface area contributed by atoms with Gasteiger partial charge in [-0.1, -0.05) is 18.5 Å². The zero-order chi connectivity index (χ0) is 15.7. The first-order chi connectivity index (χ1) is 9.99. The molecule has 4 nitrogen and oxygen atoms in total. The second-order valence-electron chi connectivity index (χ2n) is 4.78. The average Bonchev–Trinajstić information content (AvgIpc) is 2.45. The van der Waals surface area contributed by atoms with E-state index in [1.54, 1.807) is 18.7 Å². The Kier molecular flexibility index (Phi) is 8.23. The van der Waals surface area contributed by atoms with Crippen LogP contribution in [0.25, 0.3) is 0 Å². The lowest BCUT2D eigenvalue weighted by atomic mass is 10.1. The second-order valence-corrected chi connectivity index (χ2v) is 6.39. The van der Waals surface area contributed by atoms with E-state index in [1.165, 1.54) is 0 Å². The summed E-state index contributed by atoms with van der Waals surface area (Å²) >= 11 is 7.49. The van der Waals surface area contributed by atoms with Crippen molar-refractivity contribution in [3.63, 3.8) is 0 Å². The molecule has 116 valence electrons. The van der Waals surface area contributed by atoms with Crippen LogP contribution < -0.4 is 5.32 Å². The molecule has 0 heterocycles. The van der Waals surface area contributed by atoms with Gasteiger partial charge in [-0.2, -0.15) is 0 Å². The summed E-state index contributed by atoms with van der Waals surface area (Å²) in [7, 11) is 0. The SMILES string of the molecule is CC(CCNC(=O)CCCSc1ccc(Cl)cc1)C(=O)O. The quantitative estimate of drug-likeness (QED) is 0.538. The van der Waals surface area contributed by atoms with Crippen LogP contribution in [0.2, 0.25) is 5.02 Å². The highest BCUT2D eigenvalue weighted by atomic mass is 35.5. The van der Waals surface area contributed by atoms with Crippen molar-refractivity contribution in [2.24, 2.45) is 5.92 Å². The Labute approximate surface area is 134 Å². The predicted octanol–water partition coefficient (Wildman–Crippen LogP) is 3.44. The van der Waals surface area contributed by atoms with Crippen LogP contribution in [0.3, 0.4) is 0 Å². The molecule has 1 aromatic carbocycles. The third kappa shape index (κ3) is 7.97. The van der Waals surface area contributed by atoms with E-state index in [1.807, 2.05) is 24.3 Å². The highest BCUT2D eigenvalue weighted by molar-refractivity contribution is 7.99. The Balaban J connectivity index is 2.08. The van der Waals surface area contributed by atoms with E-state index in [-0.39, 0.29) is 5.91 Å². The average molecular weight is 330 g/mol. The maximum absolute atomic E-state index is 11.6. The van der Waals surface area contributed by atoms with Crippen molar-refractivity contribution in [1.82, 2.24) is 5.32 Å². The van der Waals surface area contributed by atoms with Gasteiger partial charge in [0.05, 0.1) is 5.92 Å². The fourth-order valence-electron chi connectivity index (χ4n) is 1.59. The van der Waals surface area contributed by atoms with Crippen LogP contribution in [0, 0.1) is 5.92 Å². The molecule has 1 rings (SSSR count). The molecule has 0 saturated heterocycles. The van der Waals surface area contributed by atoms with Crippen molar-refractivity contribution >= 4 is 35.2 Å². The molecule has 0 aliphatic carbocycles. The monoisotopic (exact) mass is 329 g/mol. The minimum Gasteiger partial charge on any atom is -0.481 e. The normalized spacial score (nSPS) is 11.9. The smallest absolute Gasteiger partial charge is 0.306 e. The van der Waals surface area contributed by atoms with E-state index in [9.17, 15) is 9.59 Å². The number of carboxylic acids is 1. The second kappa shape index (κ2) is 9.68. The summed E-state index contributed by atoms with van der Waals surface area (Å²) in [5, 5.41) is 12.2. The number of benzene rings is 1. The zero-order valence-corrected chi connectivity index (χ0v) is 13.5. The van der Waals surface area contributed by atoms with Gasteiger partial charge in [0.2, 0.25) is 5.91 Å². The van der Waals surface area contributed by atoms with Crippen LogP contribution in [0.5, 0.6) is 0 Å². The summed E-state index contributed by atoms with van der Waals surface area (Å²) in [5.41, 5.74) is 0. The van der Waals surface area contributed by atoms with Crippen LogP contribution in [0.1, 0.15) is 26.2 Å². The van der Waals surface area contributed by atoms with Crippen LogP contribution in [0.15, 0.2) is 29.2 Å². The molecule has 0 aliphatic heterocycles. The Morgan fingerprint density at radius 2 is 2.00 bits per heavy atom. The first-order valence-corrected chi connectivity index (χ1v) is 8.23. The Hall–Kier alpha value is -1.20. The molecule has 1 unspecified atom stereocenters. The zero-order valence-electron chi connectivity index (χ0n) is 12.0. The summed E-state index contributed by atoms with van der Waals surface area (Å²) in [5.74, 6) is -0.417. The molecular formula is C15H20ClNO3S. The van der Waals surface area contributed by atoms with Gasteiger partial charge in [-0.15, -0.1) is 11.8 Å². The van der Waals surface area contributed by atoms with Crippen molar-refractivity contribution in [2.75, 3.05) is 12.3 Å². The molecule has 0 aliphatic rings. The highest BCUT2D eigenvalue weighted by Crippen LogP contribution is 2.21. The number of thioether (sulfide) groups is 1. The van der Waals surface area contributed by atoms with Crippen LogP contribution in [0.4, 0.5) is 0 Å². The van der Waals surface area contributed by atoms with E-state index in [4.69, 9.17) is 16.7 Å². The molecule has 0 bridgehead atoms. The fourth-order valence-corrected chi connectivity index (χ4v) is 2.57. The van der Waals surface area contributed by atoms with E-state index in [2.05, 4.69) is 5.32 Å². The van der Waals surface area contributed by atoms with Crippen LogP contribution in [-0.2, 0) is 9.59 Å². The largest absolute Gasteiger partial charge is 0.481 e. The summed E-state index contributed by atoms with van der Waals surface area (Å²) in [6.45, 7) is 2.05. The standard InChI is InChI=1S/C15H20ClNO3S/c1-11(15(19)20)8-9-17-14(18)3-2-10-21-13-6-4-12(16)5-7-13/h4-7,11H,2-3,8-10H2,1H3,(H,17,18)(H,19,20). The Bertz CT molecular complexity index is 464. The fraction of sp³-hybridized carbons (Fsp3) is 0.467. The minimum absolute atomic E-state index is 0.0238. The molecule has 21 heavy (non-hydrogen) atoms. The lowest BCUT2D eigenvalue weighted by Gasteiger charge is -2.07. The van der Waals surface area contributed by atoms with Gasteiger partial charge in [0.1, 0.15) is 0 Å². The van der Waals surface area contributed by atoms with E-state index in [0.29, 0.717) is 24.4 Å². The summed E-state index contributed by atoms with van der Waals surface area (Å²) in [6, 6.07) is 7.61. The van der Waals surface area contributed by atoms with Crippen molar-refractivity contribution < 1.29 is 14.7 Å². The van der Waals surface area contributed by atoms with E-state index in [0.717, 1.165) is 17.1 Å². The maximum atomic E-state index is 11.6. The van der Waals surface area contributed by atoms with E-state index >= 15 is 0 Å². The number of carboxylic acid groups (broad SMARTS) is 1. The topological polar surface area (TPSA) is 66.4 Å². The number of hydrogen-bond acceptors (Lipinski definition) is 3. The van der Waals surface area contributed by atoms with Gasteiger partial charge >= 0.3 is 5.97 Å². The summed E-state index contributed by atoms with van der Waals surface area (Å²) in [6.07, 6.45) is 1.70. The number of nitrogens with one attached hydrogen (secondary N) is 1. The van der Waals surface area contributed by atoms with E-state index < -0.39 is 11.9 Å². The number of aliphatic carboxylic acids is 1. The lowest BCUT2D eigenvalue weighted by molar-refractivity contribution is -0.141. The molecule has 0 saturated carbocycles. The molecule has 6 heteroatoms.